The van der Waals surface area contributed by atoms with E-state index >= 15 is 0 Å². The summed E-state index contributed by atoms with van der Waals surface area (Å²) in [6.45, 7) is 6.06. The second-order valence-corrected chi connectivity index (χ2v) is 9.40. The maximum absolute atomic E-state index is 11.9. The molecule has 4 aromatic heterocycles. The zero-order valence-electron chi connectivity index (χ0n) is 19.0. The Morgan fingerprint density at radius 1 is 1.24 bits per heavy atom. The van der Waals surface area contributed by atoms with E-state index in [2.05, 4.69) is 38.8 Å². The number of aryl methyl sites for hydroxylation is 2. The van der Waals surface area contributed by atoms with Crippen LogP contribution in [0.1, 0.15) is 32.3 Å². The molecule has 5 rings (SSSR count). The van der Waals surface area contributed by atoms with Gasteiger partial charge in [-0.25, -0.2) is 19.5 Å². The number of anilines is 1. The van der Waals surface area contributed by atoms with E-state index in [0.29, 0.717) is 11.1 Å². The molecular weight excluding hydrogens is 438 g/mol. The number of piperidine rings is 1. The highest BCUT2D eigenvalue weighted by Gasteiger charge is 2.27. The number of fused-ring (bicyclic) bond motifs is 1. The van der Waals surface area contributed by atoms with Gasteiger partial charge in [0.05, 0.1) is 11.9 Å². The van der Waals surface area contributed by atoms with E-state index < -0.39 is 0 Å². The van der Waals surface area contributed by atoms with Gasteiger partial charge < -0.3 is 14.2 Å². The van der Waals surface area contributed by atoms with Crippen molar-refractivity contribution < 1.29 is 4.74 Å². The number of hydrogen-bond acceptors (Lipinski definition) is 8. The minimum absolute atomic E-state index is 0.0583. The molecule has 33 heavy (non-hydrogen) atoms. The van der Waals surface area contributed by atoms with Crippen LogP contribution in [0, 0.1) is 5.92 Å². The van der Waals surface area contributed by atoms with Crippen LogP contribution in [-0.4, -0.2) is 48.3 Å². The monoisotopic (exact) mass is 465 g/mol. The minimum atomic E-state index is -0.0646. The largest absolute Gasteiger partial charge is 0.466 e. The zero-order valence-corrected chi connectivity index (χ0v) is 19.8. The maximum atomic E-state index is 11.9. The first kappa shape index (κ1) is 21.6. The topological polar surface area (TPSA) is 90.4 Å². The van der Waals surface area contributed by atoms with Crippen LogP contribution >= 0.6 is 11.3 Å². The second kappa shape index (κ2) is 8.93. The number of imidazole rings is 1. The Kier molecular flexibility index (Phi) is 5.84. The standard InChI is InChI=1S/C23H27N7O2S/c1-4-16-12-24-21(25-13-16)29-9-6-17(7-10-29)15(2)32-23-27-30-14-19(26-22(30)33-23)18-5-8-28(3)20(31)11-18/h5,8,11-15,17H,4,6-7,9-10H2,1-3H3/t15-/m0/s1. The van der Waals surface area contributed by atoms with Gasteiger partial charge in [-0.1, -0.05) is 6.92 Å². The van der Waals surface area contributed by atoms with Gasteiger partial charge in [0, 0.05) is 50.4 Å². The highest BCUT2D eigenvalue weighted by molar-refractivity contribution is 7.18. The molecule has 10 heteroatoms. The third kappa shape index (κ3) is 4.47. The number of hydrogen-bond donors (Lipinski definition) is 0. The average Bonchev–Trinajstić information content (AvgIpc) is 3.40. The van der Waals surface area contributed by atoms with Crippen molar-refractivity contribution in [3.8, 4) is 16.5 Å². The van der Waals surface area contributed by atoms with Crippen molar-refractivity contribution >= 4 is 22.2 Å². The first-order valence-corrected chi connectivity index (χ1v) is 12.1. The van der Waals surface area contributed by atoms with Gasteiger partial charge in [0.25, 0.3) is 10.8 Å². The first-order chi connectivity index (χ1) is 16.0. The molecule has 0 radical (unpaired) electrons. The quantitative estimate of drug-likeness (QED) is 0.432. The number of rotatable bonds is 6. The van der Waals surface area contributed by atoms with Gasteiger partial charge in [-0.2, -0.15) is 0 Å². The van der Waals surface area contributed by atoms with E-state index in [9.17, 15) is 4.79 Å². The Labute approximate surface area is 195 Å². The van der Waals surface area contributed by atoms with E-state index in [-0.39, 0.29) is 11.7 Å². The van der Waals surface area contributed by atoms with E-state index in [1.54, 1.807) is 23.8 Å². The molecule has 9 nitrogen and oxygen atoms in total. The zero-order chi connectivity index (χ0) is 22.9. The van der Waals surface area contributed by atoms with Gasteiger partial charge in [-0.15, -0.1) is 5.10 Å². The molecule has 0 aromatic carbocycles. The van der Waals surface area contributed by atoms with Crippen LogP contribution in [0.2, 0.25) is 0 Å². The van der Waals surface area contributed by atoms with Crippen molar-refractivity contribution in [1.29, 1.82) is 0 Å². The van der Waals surface area contributed by atoms with Gasteiger partial charge in [0.1, 0.15) is 6.10 Å². The predicted molar refractivity (Wildman–Crippen MR) is 128 cm³/mol. The van der Waals surface area contributed by atoms with Gasteiger partial charge in [0.2, 0.25) is 10.9 Å². The summed E-state index contributed by atoms with van der Waals surface area (Å²) < 4.78 is 9.45. The second-order valence-electron chi connectivity index (χ2n) is 8.48. The van der Waals surface area contributed by atoms with E-state index in [1.165, 1.54) is 15.9 Å². The number of nitrogens with zero attached hydrogens (tertiary/aromatic N) is 7. The summed E-state index contributed by atoms with van der Waals surface area (Å²) in [7, 11) is 1.73. The molecule has 1 aliphatic rings. The molecule has 0 bridgehead atoms. The molecule has 0 unspecified atom stereocenters. The molecule has 1 atom stereocenters. The van der Waals surface area contributed by atoms with Gasteiger partial charge in [-0.05, 0) is 55.1 Å². The highest BCUT2D eigenvalue weighted by atomic mass is 32.1. The highest BCUT2D eigenvalue weighted by Crippen LogP contribution is 2.29. The van der Waals surface area contributed by atoms with E-state index in [1.807, 2.05) is 24.7 Å². The lowest BCUT2D eigenvalue weighted by Crippen LogP contribution is -2.39. The molecule has 0 saturated carbocycles. The van der Waals surface area contributed by atoms with Gasteiger partial charge in [-0.3, -0.25) is 4.79 Å². The molecule has 1 fully saturated rings. The smallest absolute Gasteiger partial charge is 0.294 e. The van der Waals surface area contributed by atoms with Crippen LogP contribution in [0.25, 0.3) is 16.2 Å². The Morgan fingerprint density at radius 3 is 2.67 bits per heavy atom. The summed E-state index contributed by atoms with van der Waals surface area (Å²) >= 11 is 1.42. The van der Waals surface area contributed by atoms with Crippen molar-refractivity contribution in [2.24, 2.45) is 13.0 Å². The van der Waals surface area contributed by atoms with Crippen LogP contribution in [0.15, 0.2) is 41.7 Å². The fourth-order valence-corrected chi connectivity index (χ4v) is 4.91. The summed E-state index contributed by atoms with van der Waals surface area (Å²) in [5.41, 5.74) is 2.61. The molecule has 1 saturated heterocycles. The fourth-order valence-electron chi connectivity index (χ4n) is 4.09. The first-order valence-electron chi connectivity index (χ1n) is 11.3. The number of pyridine rings is 1. The van der Waals surface area contributed by atoms with Crippen LogP contribution in [0.5, 0.6) is 5.19 Å². The lowest BCUT2D eigenvalue weighted by atomic mass is 9.92. The Balaban J connectivity index is 1.20. The van der Waals surface area contributed by atoms with Gasteiger partial charge >= 0.3 is 0 Å². The molecule has 0 spiro atoms. The van der Waals surface area contributed by atoms with E-state index in [4.69, 9.17) is 4.74 Å². The maximum Gasteiger partial charge on any atom is 0.294 e. The van der Waals surface area contributed by atoms with Crippen molar-refractivity contribution in [1.82, 2.24) is 29.1 Å². The summed E-state index contributed by atoms with van der Waals surface area (Å²) in [6, 6.07) is 3.46. The van der Waals surface area contributed by atoms with Crippen molar-refractivity contribution in [2.45, 2.75) is 39.2 Å². The third-order valence-electron chi connectivity index (χ3n) is 6.30. The van der Waals surface area contributed by atoms with Crippen LogP contribution < -0.4 is 15.2 Å². The molecule has 5 heterocycles. The number of aromatic nitrogens is 6. The van der Waals surface area contributed by atoms with Crippen molar-refractivity contribution in [2.75, 3.05) is 18.0 Å². The lowest BCUT2D eigenvalue weighted by molar-refractivity contribution is 0.131. The lowest BCUT2D eigenvalue weighted by Gasteiger charge is -2.34. The molecule has 0 N–H and O–H groups in total. The average molecular weight is 466 g/mol. The minimum Gasteiger partial charge on any atom is -0.466 e. The number of ether oxygens (including phenoxy) is 1. The Hall–Kier alpha value is -3.27. The Morgan fingerprint density at radius 2 is 2.00 bits per heavy atom. The summed E-state index contributed by atoms with van der Waals surface area (Å²) in [5.74, 6) is 1.26. The summed E-state index contributed by atoms with van der Waals surface area (Å²) in [5, 5.41) is 5.16. The third-order valence-corrected chi connectivity index (χ3v) is 7.11. The summed E-state index contributed by atoms with van der Waals surface area (Å²) in [6.07, 6.45) is 10.5. The van der Waals surface area contributed by atoms with Crippen LogP contribution in [0.3, 0.4) is 0 Å². The Bertz CT molecular complexity index is 1270. The van der Waals surface area contributed by atoms with Crippen LogP contribution in [-0.2, 0) is 13.5 Å². The van der Waals surface area contributed by atoms with Crippen LogP contribution in [0.4, 0.5) is 5.95 Å². The molecule has 0 amide bonds. The van der Waals surface area contributed by atoms with Crippen molar-refractivity contribution in [3.05, 3.63) is 52.8 Å². The molecule has 1 aliphatic heterocycles. The fraction of sp³-hybridized carbons (Fsp3) is 0.435. The van der Waals surface area contributed by atoms with Crippen molar-refractivity contribution in [3.63, 3.8) is 0 Å². The normalized spacial score (nSPS) is 15.8. The SMILES string of the molecule is CCc1cnc(N2CCC([C@H](C)Oc3nn4cc(-c5ccn(C)c(=O)c5)nc4s3)CC2)nc1. The molecule has 0 aliphatic carbocycles. The summed E-state index contributed by atoms with van der Waals surface area (Å²) in [4.78, 5) is 28.5. The predicted octanol–water partition coefficient (Wildman–Crippen LogP) is 3.19. The van der Waals surface area contributed by atoms with E-state index in [0.717, 1.165) is 60.1 Å². The molecular formula is C23H27N7O2S. The van der Waals surface area contributed by atoms with Gasteiger partial charge in [0.15, 0.2) is 0 Å². The molecule has 4 aromatic rings. The molecule has 172 valence electrons.